The van der Waals surface area contributed by atoms with Crippen LogP contribution in [0.5, 0.6) is 0 Å². The minimum Gasteiger partial charge on any atom is -0.481 e. The number of anilines is 1. The van der Waals surface area contributed by atoms with Crippen molar-refractivity contribution in [3.63, 3.8) is 0 Å². The summed E-state index contributed by atoms with van der Waals surface area (Å²) in [7, 11) is 0. The monoisotopic (exact) mass is 348 g/mol. The Morgan fingerprint density at radius 2 is 1.76 bits per heavy atom. The van der Waals surface area contributed by atoms with E-state index in [9.17, 15) is 14.4 Å². The van der Waals surface area contributed by atoms with Gasteiger partial charge in [0.15, 0.2) is 0 Å². The Hall–Kier alpha value is -2.37. The van der Waals surface area contributed by atoms with E-state index < -0.39 is 11.9 Å². The highest BCUT2D eigenvalue weighted by Gasteiger charge is 2.16. The summed E-state index contributed by atoms with van der Waals surface area (Å²) in [5.74, 6) is -1.82. The van der Waals surface area contributed by atoms with Gasteiger partial charge in [0.1, 0.15) is 0 Å². The molecule has 138 valence electrons. The number of rotatable bonds is 10. The number of aliphatic carboxylic acids is 1. The highest BCUT2D eigenvalue weighted by molar-refractivity contribution is 5.93. The number of carboxylic acid groups (broad SMARTS) is 1. The van der Waals surface area contributed by atoms with Crippen LogP contribution in [0.2, 0.25) is 0 Å². The summed E-state index contributed by atoms with van der Waals surface area (Å²) in [6.45, 7) is 7.06. The quantitative estimate of drug-likeness (QED) is 0.679. The Morgan fingerprint density at radius 1 is 1.12 bits per heavy atom. The highest BCUT2D eigenvalue weighted by Crippen LogP contribution is 2.19. The van der Waals surface area contributed by atoms with Crippen molar-refractivity contribution in [3.05, 3.63) is 29.8 Å². The lowest BCUT2D eigenvalue weighted by atomic mass is 10.0. The molecule has 0 radical (unpaired) electrons. The second-order valence-electron chi connectivity index (χ2n) is 6.11. The molecule has 1 aromatic rings. The molecule has 0 heterocycles. The fourth-order valence-electron chi connectivity index (χ4n) is 2.53. The average molecular weight is 348 g/mol. The van der Waals surface area contributed by atoms with E-state index in [0.717, 1.165) is 12.8 Å². The predicted octanol–water partition coefficient (Wildman–Crippen LogP) is 3.24. The normalized spacial score (nSPS) is 11.6. The predicted molar refractivity (Wildman–Crippen MR) is 97.5 cm³/mol. The molecule has 1 rings (SSSR count). The fourth-order valence-corrected chi connectivity index (χ4v) is 2.53. The van der Waals surface area contributed by atoms with Gasteiger partial charge in [-0.15, -0.1) is 0 Å². The molecule has 0 aromatic heterocycles. The van der Waals surface area contributed by atoms with Crippen LogP contribution in [0.25, 0.3) is 0 Å². The van der Waals surface area contributed by atoms with E-state index in [1.54, 1.807) is 36.1 Å². The molecular formula is C19H28N2O4. The molecule has 0 aliphatic rings. The van der Waals surface area contributed by atoms with E-state index in [1.807, 2.05) is 13.8 Å². The molecule has 0 aliphatic heterocycles. The molecule has 1 unspecified atom stereocenters. The maximum absolute atomic E-state index is 12.2. The van der Waals surface area contributed by atoms with Gasteiger partial charge >= 0.3 is 5.97 Å². The van der Waals surface area contributed by atoms with Gasteiger partial charge < -0.3 is 15.3 Å². The van der Waals surface area contributed by atoms with Gasteiger partial charge in [0.2, 0.25) is 11.8 Å². The smallest absolute Gasteiger partial charge is 0.310 e. The van der Waals surface area contributed by atoms with E-state index in [2.05, 4.69) is 5.32 Å². The zero-order chi connectivity index (χ0) is 18.8. The molecule has 0 saturated carbocycles. The minimum absolute atomic E-state index is 0.00731. The van der Waals surface area contributed by atoms with Crippen molar-refractivity contribution in [1.82, 2.24) is 4.90 Å². The summed E-state index contributed by atoms with van der Waals surface area (Å²) >= 11 is 0. The molecule has 0 bridgehead atoms. The van der Waals surface area contributed by atoms with Gasteiger partial charge in [0, 0.05) is 31.6 Å². The number of nitrogens with zero attached hydrogens (tertiary/aromatic N) is 1. The van der Waals surface area contributed by atoms with Crippen LogP contribution in [-0.2, 0) is 14.4 Å². The topological polar surface area (TPSA) is 86.7 Å². The average Bonchev–Trinajstić information content (AvgIpc) is 2.59. The Labute approximate surface area is 149 Å². The van der Waals surface area contributed by atoms with Crippen LogP contribution in [0.1, 0.15) is 57.9 Å². The summed E-state index contributed by atoms with van der Waals surface area (Å²) in [5, 5.41) is 11.8. The number of nitrogens with one attached hydrogen (secondary N) is 1. The summed E-state index contributed by atoms with van der Waals surface area (Å²) < 4.78 is 0. The Morgan fingerprint density at radius 3 is 2.32 bits per heavy atom. The van der Waals surface area contributed by atoms with Crippen LogP contribution in [0.3, 0.4) is 0 Å². The molecule has 25 heavy (non-hydrogen) atoms. The van der Waals surface area contributed by atoms with Crippen molar-refractivity contribution >= 4 is 23.5 Å². The van der Waals surface area contributed by atoms with Crippen molar-refractivity contribution in [2.24, 2.45) is 0 Å². The van der Waals surface area contributed by atoms with E-state index in [4.69, 9.17) is 5.11 Å². The van der Waals surface area contributed by atoms with Crippen molar-refractivity contribution in [2.75, 3.05) is 18.4 Å². The lowest BCUT2D eigenvalue weighted by Gasteiger charge is -2.21. The second-order valence-corrected chi connectivity index (χ2v) is 6.11. The SMILES string of the molecule is CCCN(CCC)C(=O)CCC(=O)Nc1cccc(C(C)C(=O)O)c1. The maximum atomic E-state index is 12.2. The van der Waals surface area contributed by atoms with Crippen LogP contribution in [-0.4, -0.2) is 40.9 Å². The van der Waals surface area contributed by atoms with Crippen LogP contribution >= 0.6 is 0 Å². The molecule has 0 saturated heterocycles. The first-order chi connectivity index (χ1) is 11.9. The van der Waals surface area contributed by atoms with E-state index in [-0.39, 0.29) is 24.7 Å². The van der Waals surface area contributed by atoms with Crippen molar-refractivity contribution in [2.45, 2.75) is 52.4 Å². The zero-order valence-electron chi connectivity index (χ0n) is 15.2. The van der Waals surface area contributed by atoms with E-state index in [0.29, 0.717) is 24.3 Å². The van der Waals surface area contributed by atoms with Gasteiger partial charge in [-0.2, -0.15) is 0 Å². The Kier molecular flexibility index (Phi) is 8.67. The van der Waals surface area contributed by atoms with Gasteiger partial charge in [-0.05, 0) is 37.5 Å². The Balaban J connectivity index is 2.58. The van der Waals surface area contributed by atoms with Gasteiger partial charge in [0.25, 0.3) is 0 Å². The second kappa shape index (κ2) is 10.5. The summed E-state index contributed by atoms with van der Waals surface area (Å²) in [5.41, 5.74) is 1.17. The molecule has 0 spiro atoms. The highest BCUT2D eigenvalue weighted by atomic mass is 16.4. The number of carboxylic acids is 1. The fraction of sp³-hybridized carbons (Fsp3) is 0.526. The summed E-state index contributed by atoms with van der Waals surface area (Å²) in [4.78, 5) is 37.1. The zero-order valence-corrected chi connectivity index (χ0v) is 15.2. The molecule has 2 amide bonds. The number of hydrogen-bond donors (Lipinski definition) is 2. The maximum Gasteiger partial charge on any atom is 0.310 e. The molecule has 0 aliphatic carbocycles. The molecule has 6 heteroatoms. The lowest BCUT2D eigenvalue weighted by Crippen LogP contribution is -2.33. The third kappa shape index (κ3) is 6.95. The molecule has 1 aromatic carbocycles. The molecular weight excluding hydrogens is 320 g/mol. The van der Waals surface area contributed by atoms with Gasteiger partial charge in [-0.25, -0.2) is 0 Å². The summed E-state index contributed by atoms with van der Waals surface area (Å²) in [6.07, 6.45) is 2.08. The van der Waals surface area contributed by atoms with Crippen LogP contribution < -0.4 is 5.32 Å². The van der Waals surface area contributed by atoms with Crippen LogP contribution in [0.15, 0.2) is 24.3 Å². The number of carbonyl (C=O) groups is 3. The molecule has 1 atom stereocenters. The van der Waals surface area contributed by atoms with Crippen molar-refractivity contribution in [3.8, 4) is 0 Å². The molecule has 2 N–H and O–H groups in total. The largest absolute Gasteiger partial charge is 0.481 e. The van der Waals surface area contributed by atoms with Gasteiger partial charge in [-0.3, -0.25) is 14.4 Å². The number of carbonyl (C=O) groups excluding carboxylic acids is 2. The molecule has 6 nitrogen and oxygen atoms in total. The first kappa shape index (κ1) is 20.7. The van der Waals surface area contributed by atoms with Crippen molar-refractivity contribution in [1.29, 1.82) is 0 Å². The lowest BCUT2D eigenvalue weighted by molar-refractivity contribution is -0.138. The van der Waals surface area contributed by atoms with E-state index in [1.165, 1.54) is 0 Å². The van der Waals surface area contributed by atoms with Gasteiger partial charge in [0.05, 0.1) is 5.92 Å². The van der Waals surface area contributed by atoms with Gasteiger partial charge in [-0.1, -0.05) is 26.0 Å². The third-order valence-electron chi connectivity index (χ3n) is 3.95. The number of amides is 2. The Bertz CT molecular complexity index is 595. The third-order valence-corrected chi connectivity index (χ3v) is 3.95. The molecule has 0 fully saturated rings. The number of hydrogen-bond acceptors (Lipinski definition) is 3. The van der Waals surface area contributed by atoms with E-state index >= 15 is 0 Å². The minimum atomic E-state index is -0.916. The standard InChI is InChI=1S/C19H28N2O4/c1-4-11-21(12-5-2)18(23)10-9-17(22)20-16-8-6-7-15(13-16)14(3)19(24)25/h6-8,13-14H,4-5,9-12H2,1-3H3,(H,20,22)(H,24,25). The first-order valence-electron chi connectivity index (χ1n) is 8.79. The van der Waals surface area contributed by atoms with Crippen LogP contribution in [0.4, 0.5) is 5.69 Å². The first-order valence-corrected chi connectivity index (χ1v) is 8.79. The summed E-state index contributed by atoms with van der Waals surface area (Å²) in [6, 6.07) is 6.78. The van der Waals surface area contributed by atoms with Crippen molar-refractivity contribution < 1.29 is 19.5 Å². The number of benzene rings is 1. The van der Waals surface area contributed by atoms with Crippen LogP contribution in [0, 0.1) is 0 Å².